The summed E-state index contributed by atoms with van der Waals surface area (Å²) in [6.45, 7) is 11.4. The SMILES string of the molecule is CC(C)N1CCN(C(=O)[C@H]2CCNC2)CC1C. The smallest absolute Gasteiger partial charge is 0.227 e. The molecule has 1 N–H and O–H groups in total. The number of carbonyl (C=O) groups is 1. The van der Waals surface area contributed by atoms with Crippen molar-refractivity contribution in [2.24, 2.45) is 5.92 Å². The lowest BCUT2D eigenvalue weighted by Crippen LogP contribution is -2.56. The van der Waals surface area contributed by atoms with Crippen LogP contribution in [0.2, 0.25) is 0 Å². The van der Waals surface area contributed by atoms with Gasteiger partial charge in [0.15, 0.2) is 0 Å². The van der Waals surface area contributed by atoms with E-state index in [1.165, 1.54) is 0 Å². The van der Waals surface area contributed by atoms with Gasteiger partial charge in [0.25, 0.3) is 0 Å². The van der Waals surface area contributed by atoms with Crippen LogP contribution in [-0.4, -0.2) is 60.5 Å². The molecule has 4 heteroatoms. The fourth-order valence-electron chi connectivity index (χ4n) is 3.06. The molecule has 2 heterocycles. The standard InChI is InChI=1S/C13H25N3O/c1-10(2)16-7-6-15(9-11(16)3)13(17)12-4-5-14-8-12/h10-12,14H,4-9H2,1-3H3/t11?,12-/m0/s1. The van der Waals surface area contributed by atoms with Gasteiger partial charge in [0, 0.05) is 38.3 Å². The van der Waals surface area contributed by atoms with E-state index in [9.17, 15) is 4.79 Å². The van der Waals surface area contributed by atoms with Gasteiger partial charge in [-0.3, -0.25) is 9.69 Å². The van der Waals surface area contributed by atoms with Crippen LogP contribution in [0.15, 0.2) is 0 Å². The van der Waals surface area contributed by atoms with Crippen molar-refractivity contribution >= 4 is 5.91 Å². The first-order valence-corrected chi connectivity index (χ1v) is 6.85. The molecule has 17 heavy (non-hydrogen) atoms. The second-order valence-electron chi connectivity index (χ2n) is 5.65. The van der Waals surface area contributed by atoms with E-state index in [2.05, 4.69) is 35.9 Å². The summed E-state index contributed by atoms with van der Waals surface area (Å²) in [5, 5.41) is 3.27. The van der Waals surface area contributed by atoms with Crippen molar-refractivity contribution in [3.63, 3.8) is 0 Å². The number of nitrogens with zero attached hydrogens (tertiary/aromatic N) is 2. The van der Waals surface area contributed by atoms with Gasteiger partial charge in [-0.15, -0.1) is 0 Å². The van der Waals surface area contributed by atoms with E-state index in [4.69, 9.17) is 0 Å². The Labute approximate surface area is 104 Å². The molecular formula is C13H25N3O. The number of nitrogens with one attached hydrogen (secondary N) is 1. The van der Waals surface area contributed by atoms with Gasteiger partial charge in [-0.05, 0) is 33.7 Å². The third-order valence-corrected chi connectivity index (χ3v) is 4.06. The monoisotopic (exact) mass is 239 g/mol. The Kier molecular flexibility index (Phi) is 4.05. The first kappa shape index (κ1) is 12.8. The maximum atomic E-state index is 12.3. The number of carbonyl (C=O) groups excluding carboxylic acids is 1. The van der Waals surface area contributed by atoms with E-state index in [0.29, 0.717) is 18.0 Å². The number of amides is 1. The summed E-state index contributed by atoms with van der Waals surface area (Å²) in [6, 6.07) is 1.07. The fraction of sp³-hybridized carbons (Fsp3) is 0.923. The normalized spacial score (nSPS) is 31.2. The number of rotatable bonds is 2. The highest BCUT2D eigenvalue weighted by atomic mass is 16.2. The van der Waals surface area contributed by atoms with E-state index in [1.807, 2.05) is 0 Å². The maximum absolute atomic E-state index is 12.3. The topological polar surface area (TPSA) is 35.6 Å². The van der Waals surface area contributed by atoms with Gasteiger partial charge in [-0.1, -0.05) is 0 Å². The summed E-state index contributed by atoms with van der Waals surface area (Å²) in [5.74, 6) is 0.595. The van der Waals surface area contributed by atoms with E-state index >= 15 is 0 Å². The molecule has 1 unspecified atom stereocenters. The van der Waals surface area contributed by atoms with Crippen LogP contribution < -0.4 is 5.32 Å². The van der Waals surface area contributed by atoms with Gasteiger partial charge in [-0.25, -0.2) is 0 Å². The first-order chi connectivity index (χ1) is 8.09. The van der Waals surface area contributed by atoms with Crippen molar-refractivity contribution < 1.29 is 4.79 Å². The van der Waals surface area contributed by atoms with Crippen LogP contribution in [0, 0.1) is 5.92 Å². The van der Waals surface area contributed by atoms with E-state index < -0.39 is 0 Å². The Hall–Kier alpha value is -0.610. The van der Waals surface area contributed by atoms with Crippen molar-refractivity contribution in [2.75, 3.05) is 32.7 Å². The lowest BCUT2D eigenvalue weighted by Gasteiger charge is -2.42. The molecule has 0 aromatic carbocycles. The zero-order valence-electron chi connectivity index (χ0n) is 11.3. The highest BCUT2D eigenvalue weighted by molar-refractivity contribution is 5.79. The first-order valence-electron chi connectivity index (χ1n) is 6.85. The molecule has 0 spiro atoms. The Morgan fingerprint density at radius 2 is 2.12 bits per heavy atom. The van der Waals surface area contributed by atoms with Crippen LogP contribution in [0.3, 0.4) is 0 Å². The van der Waals surface area contributed by atoms with Gasteiger partial charge >= 0.3 is 0 Å². The van der Waals surface area contributed by atoms with E-state index in [0.717, 1.165) is 39.1 Å². The molecule has 2 saturated heterocycles. The minimum Gasteiger partial charge on any atom is -0.340 e. The molecule has 2 fully saturated rings. The molecule has 2 aliphatic heterocycles. The van der Waals surface area contributed by atoms with Gasteiger partial charge in [0.1, 0.15) is 0 Å². The van der Waals surface area contributed by atoms with E-state index in [-0.39, 0.29) is 5.92 Å². The Balaban J connectivity index is 1.90. The third-order valence-electron chi connectivity index (χ3n) is 4.06. The predicted octanol–water partition coefficient (Wildman–Crippen LogP) is 0.537. The minimum absolute atomic E-state index is 0.229. The maximum Gasteiger partial charge on any atom is 0.227 e. The summed E-state index contributed by atoms with van der Waals surface area (Å²) < 4.78 is 0. The van der Waals surface area contributed by atoms with Gasteiger partial charge in [-0.2, -0.15) is 0 Å². The second-order valence-corrected chi connectivity index (χ2v) is 5.65. The van der Waals surface area contributed by atoms with Crippen molar-refractivity contribution in [1.29, 1.82) is 0 Å². The quantitative estimate of drug-likeness (QED) is 0.764. The second kappa shape index (κ2) is 5.36. The molecule has 2 aliphatic rings. The molecule has 98 valence electrons. The zero-order chi connectivity index (χ0) is 12.4. The molecule has 0 bridgehead atoms. The summed E-state index contributed by atoms with van der Waals surface area (Å²) in [6.07, 6.45) is 1.01. The molecular weight excluding hydrogens is 214 g/mol. The molecule has 0 aromatic heterocycles. The van der Waals surface area contributed by atoms with Crippen LogP contribution >= 0.6 is 0 Å². The molecule has 0 aromatic rings. The van der Waals surface area contributed by atoms with Crippen molar-refractivity contribution in [2.45, 2.75) is 39.3 Å². The van der Waals surface area contributed by atoms with Crippen LogP contribution in [0.1, 0.15) is 27.2 Å². The highest BCUT2D eigenvalue weighted by Crippen LogP contribution is 2.17. The lowest BCUT2D eigenvalue weighted by molar-refractivity contribution is -0.138. The van der Waals surface area contributed by atoms with Crippen LogP contribution in [0.5, 0.6) is 0 Å². The fourth-order valence-corrected chi connectivity index (χ4v) is 3.06. The molecule has 0 radical (unpaired) electrons. The average Bonchev–Trinajstić information content (AvgIpc) is 2.80. The predicted molar refractivity (Wildman–Crippen MR) is 68.9 cm³/mol. The summed E-state index contributed by atoms with van der Waals surface area (Å²) in [7, 11) is 0. The van der Waals surface area contributed by atoms with Crippen molar-refractivity contribution in [1.82, 2.24) is 15.1 Å². The molecule has 1 amide bonds. The molecule has 4 nitrogen and oxygen atoms in total. The molecule has 0 aliphatic carbocycles. The number of hydrogen-bond acceptors (Lipinski definition) is 3. The average molecular weight is 239 g/mol. The minimum atomic E-state index is 0.229. The Morgan fingerprint density at radius 1 is 1.35 bits per heavy atom. The van der Waals surface area contributed by atoms with Crippen LogP contribution in [-0.2, 0) is 4.79 Å². The van der Waals surface area contributed by atoms with Crippen LogP contribution in [0.25, 0.3) is 0 Å². The number of hydrogen-bond donors (Lipinski definition) is 1. The largest absolute Gasteiger partial charge is 0.340 e. The van der Waals surface area contributed by atoms with Crippen molar-refractivity contribution in [3.8, 4) is 0 Å². The molecule has 0 saturated carbocycles. The summed E-state index contributed by atoms with van der Waals surface area (Å²) in [4.78, 5) is 16.8. The summed E-state index contributed by atoms with van der Waals surface area (Å²) in [5.41, 5.74) is 0. The van der Waals surface area contributed by atoms with Crippen molar-refractivity contribution in [3.05, 3.63) is 0 Å². The zero-order valence-corrected chi connectivity index (χ0v) is 11.3. The Bertz CT molecular complexity index is 274. The van der Waals surface area contributed by atoms with Gasteiger partial charge in [0.2, 0.25) is 5.91 Å². The van der Waals surface area contributed by atoms with Gasteiger partial charge < -0.3 is 10.2 Å². The molecule has 2 atom stereocenters. The lowest BCUT2D eigenvalue weighted by atomic mass is 10.0. The number of piperazine rings is 1. The van der Waals surface area contributed by atoms with Crippen LogP contribution in [0.4, 0.5) is 0 Å². The Morgan fingerprint density at radius 3 is 2.65 bits per heavy atom. The van der Waals surface area contributed by atoms with Gasteiger partial charge in [0.05, 0.1) is 5.92 Å². The van der Waals surface area contributed by atoms with E-state index in [1.54, 1.807) is 0 Å². The third kappa shape index (κ3) is 2.80. The highest BCUT2D eigenvalue weighted by Gasteiger charge is 2.32. The summed E-state index contributed by atoms with van der Waals surface area (Å²) >= 11 is 0. The molecule has 2 rings (SSSR count).